The van der Waals surface area contributed by atoms with E-state index in [1.165, 1.54) is 12.1 Å². The van der Waals surface area contributed by atoms with Gasteiger partial charge in [0.1, 0.15) is 11.5 Å². The van der Waals surface area contributed by atoms with Crippen LogP contribution in [0.3, 0.4) is 0 Å². The molecular formula is C33H28N2O3S2. The van der Waals surface area contributed by atoms with Crippen molar-refractivity contribution >= 4 is 49.1 Å². The lowest BCUT2D eigenvalue weighted by atomic mass is 10.0. The van der Waals surface area contributed by atoms with Gasteiger partial charge in [-0.05, 0) is 79.4 Å². The fourth-order valence-corrected chi connectivity index (χ4v) is 6.48. The van der Waals surface area contributed by atoms with Crippen molar-refractivity contribution in [3.8, 4) is 5.75 Å². The second-order valence-electron chi connectivity index (χ2n) is 9.00. The normalized spacial score (nSPS) is 12.2. The Kier molecular flexibility index (Phi) is 8.05. The van der Waals surface area contributed by atoms with E-state index in [-0.39, 0.29) is 4.90 Å². The van der Waals surface area contributed by atoms with Gasteiger partial charge in [-0.3, -0.25) is 9.71 Å². The predicted octanol–water partition coefficient (Wildman–Crippen LogP) is 8.67. The van der Waals surface area contributed by atoms with Gasteiger partial charge in [-0.2, -0.15) is 0 Å². The number of allylic oxidation sites excluding steroid dienone is 4. The minimum Gasteiger partial charge on any atom is -0.457 e. The molecule has 0 saturated heterocycles. The Morgan fingerprint density at radius 3 is 2.45 bits per heavy atom. The minimum atomic E-state index is -3.88. The molecule has 1 N–H and O–H groups in total. The van der Waals surface area contributed by atoms with Gasteiger partial charge in [-0.1, -0.05) is 73.0 Å². The molecule has 0 fully saturated rings. The van der Waals surface area contributed by atoms with Crippen LogP contribution < -0.4 is 9.46 Å². The number of sulfonamides is 1. The first kappa shape index (κ1) is 27.2. The van der Waals surface area contributed by atoms with Gasteiger partial charge in [0.05, 0.1) is 16.1 Å². The molecule has 1 heterocycles. The number of fused-ring (bicyclic) bond motifs is 2. The first-order chi connectivity index (χ1) is 19.4. The van der Waals surface area contributed by atoms with Gasteiger partial charge < -0.3 is 4.74 Å². The Bertz CT molecular complexity index is 1870. The van der Waals surface area contributed by atoms with Crippen LogP contribution >= 0.6 is 11.8 Å². The number of nitrogens with zero attached hydrogens (tertiary/aromatic N) is 1. The second kappa shape index (κ2) is 11.8. The van der Waals surface area contributed by atoms with Gasteiger partial charge in [-0.15, -0.1) is 0 Å². The number of aryl methyl sites for hydroxylation is 1. The SMILES string of the molecule is C=C/C(=C\C=C/C)Oc1ccc(S(=O)(=O)Nc2cc(Sc3cccc4cccnc34)c(C)c3ccccc23)cc1. The van der Waals surface area contributed by atoms with Crippen LogP contribution in [0.4, 0.5) is 5.69 Å². The molecule has 40 heavy (non-hydrogen) atoms. The molecule has 0 unspecified atom stereocenters. The average Bonchev–Trinajstić information content (AvgIpc) is 2.98. The molecule has 5 rings (SSSR count). The Morgan fingerprint density at radius 2 is 1.70 bits per heavy atom. The van der Waals surface area contributed by atoms with Gasteiger partial charge in [0.25, 0.3) is 10.0 Å². The zero-order chi connectivity index (χ0) is 28.1. The van der Waals surface area contributed by atoms with Gasteiger partial charge in [-0.25, -0.2) is 8.42 Å². The summed E-state index contributed by atoms with van der Waals surface area (Å²) in [4.78, 5) is 6.67. The highest BCUT2D eigenvalue weighted by Crippen LogP contribution is 2.40. The van der Waals surface area contributed by atoms with Gasteiger partial charge in [0.15, 0.2) is 0 Å². The molecule has 0 aliphatic carbocycles. The molecule has 5 aromatic rings. The third kappa shape index (κ3) is 5.81. The van der Waals surface area contributed by atoms with Gasteiger partial charge in [0, 0.05) is 26.8 Å². The topological polar surface area (TPSA) is 68.3 Å². The predicted molar refractivity (Wildman–Crippen MR) is 166 cm³/mol. The molecule has 200 valence electrons. The number of anilines is 1. The maximum atomic E-state index is 13.5. The summed E-state index contributed by atoms with van der Waals surface area (Å²) in [5.74, 6) is 1.07. The van der Waals surface area contributed by atoms with Gasteiger partial charge >= 0.3 is 0 Å². The number of ether oxygens (including phenoxy) is 1. The van der Waals surface area contributed by atoms with Crippen molar-refractivity contribution in [2.24, 2.45) is 0 Å². The lowest BCUT2D eigenvalue weighted by Gasteiger charge is -2.16. The van der Waals surface area contributed by atoms with Crippen LogP contribution in [0.5, 0.6) is 5.75 Å². The summed E-state index contributed by atoms with van der Waals surface area (Å²) in [6.07, 6.45) is 8.89. The van der Waals surface area contributed by atoms with Crippen LogP contribution in [0, 0.1) is 6.92 Å². The van der Waals surface area contributed by atoms with Crippen molar-refractivity contribution < 1.29 is 13.2 Å². The molecule has 0 aliphatic rings. The van der Waals surface area contributed by atoms with Crippen molar-refractivity contribution in [2.45, 2.75) is 28.5 Å². The first-order valence-corrected chi connectivity index (χ1v) is 15.0. The lowest BCUT2D eigenvalue weighted by Crippen LogP contribution is -2.13. The van der Waals surface area contributed by atoms with Crippen LogP contribution in [0.25, 0.3) is 21.7 Å². The largest absolute Gasteiger partial charge is 0.457 e. The number of pyridine rings is 1. The van der Waals surface area contributed by atoms with Crippen LogP contribution in [0.15, 0.2) is 142 Å². The fourth-order valence-electron chi connectivity index (χ4n) is 4.32. The number of para-hydroxylation sites is 1. The van der Waals surface area contributed by atoms with E-state index in [4.69, 9.17) is 4.74 Å². The highest BCUT2D eigenvalue weighted by Gasteiger charge is 2.19. The second-order valence-corrected chi connectivity index (χ2v) is 11.8. The fraction of sp³-hybridized carbons (Fsp3) is 0.0606. The highest BCUT2D eigenvalue weighted by atomic mass is 32.2. The molecule has 0 saturated carbocycles. The Labute approximate surface area is 239 Å². The first-order valence-electron chi connectivity index (χ1n) is 12.7. The van der Waals surface area contributed by atoms with Crippen LogP contribution in [-0.4, -0.2) is 13.4 Å². The Hall–Kier alpha value is -4.33. The third-order valence-electron chi connectivity index (χ3n) is 6.35. The summed E-state index contributed by atoms with van der Waals surface area (Å²) in [5.41, 5.74) is 2.50. The number of nitrogens with one attached hydrogen (secondary N) is 1. The van der Waals surface area contributed by atoms with E-state index in [0.717, 1.165) is 37.0 Å². The molecule has 7 heteroatoms. The zero-order valence-corrected chi connectivity index (χ0v) is 23.8. The Balaban J connectivity index is 1.49. The van der Waals surface area contributed by atoms with Crippen LogP contribution in [0.1, 0.15) is 12.5 Å². The standard InChI is InChI=1S/C33H28N2O3S2/c1-4-6-13-25(5-2)38-26-17-19-27(20-18-26)40(36,37)35-30-22-32(23(3)28-14-7-8-15-29(28)30)39-31-16-9-11-24-12-10-21-34-33(24)31/h4-22,35H,2H2,1,3H3/b6-4-,25-13+. The van der Waals surface area contributed by atoms with Crippen molar-refractivity contribution in [1.82, 2.24) is 4.98 Å². The van der Waals surface area contributed by atoms with Crippen molar-refractivity contribution in [3.05, 3.63) is 133 Å². The van der Waals surface area contributed by atoms with E-state index in [0.29, 0.717) is 17.2 Å². The quantitative estimate of drug-likeness (QED) is 0.143. The van der Waals surface area contributed by atoms with E-state index >= 15 is 0 Å². The monoisotopic (exact) mass is 564 g/mol. The molecule has 4 aromatic carbocycles. The van der Waals surface area contributed by atoms with E-state index in [1.54, 1.807) is 42.2 Å². The molecule has 0 atom stereocenters. The molecule has 0 bridgehead atoms. The third-order valence-corrected chi connectivity index (χ3v) is 8.92. The van der Waals surface area contributed by atoms with E-state index < -0.39 is 10.0 Å². The summed E-state index contributed by atoms with van der Waals surface area (Å²) >= 11 is 1.58. The summed E-state index contributed by atoms with van der Waals surface area (Å²) in [6, 6.07) is 26.1. The zero-order valence-electron chi connectivity index (χ0n) is 22.2. The summed E-state index contributed by atoms with van der Waals surface area (Å²) in [6.45, 7) is 7.72. The molecule has 5 nitrogen and oxygen atoms in total. The molecule has 0 amide bonds. The summed E-state index contributed by atoms with van der Waals surface area (Å²) in [5, 5.41) is 2.86. The number of aromatic nitrogens is 1. The molecule has 0 aliphatic heterocycles. The van der Waals surface area contributed by atoms with Crippen molar-refractivity contribution in [3.63, 3.8) is 0 Å². The average molecular weight is 565 g/mol. The minimum absolute atomic E-state index is 0.134. The molecular weight excluding hydrogens is 537 g/mol. The lowest BCUT2D eigenvalue weighted by molar-refractivity contribution is 0.444. The maximum absolute atomic E-state index is 13.5. The smallest absolute Gasteiger partial charge is 0.261 e. The summed E-state index contributed by atoms with van der Waals surface area (Å²) in [7, 11) is -3.88. The number of hydrogen-bond acceptors (Lipinski definition) is 5. The van der Waals surface area contributed by atoms with Crippen LogP contribution in [0.2, 0.25) is 0 Å². The van der Waals surface area contributed by atoms with E-state index in [2.05, 4.69) is 23.2 Å². The maximum Gasteiger partial charge on any atom is 0.261 e. The number of benzene rings is 4. The van der Waals surface area contributed by atoms with Crippen LogP contribution in [-0.2, 0) is 10.0 Å². The Morgan fingerprint density at radius 1 is 0.950 bits per heavy atom. The number of rotatable bonds is 9. The number of hydrogen-bond donors (Lipinski definition) is 1. The van der Waals surface area contributed by atoms with Crippen molar-refractivity contribution in [1.29, 1.82) is 0 Å². The van der Waals surface area contributed by atoms with Crippen molar-refractivity contribution in [2.75, 3.05) is 4.72 Å². The molecule has 0 spiro atoms. The van der Waals surface area contributed by atoms with Gasteiger partial charge in [0.2, 0.25) is 0 Å². The molecule has 1 aromatic heterocycles. The summed E-state index contributed by atoms with van der Waals surface area (Å²) < 4.78 is 35.6. The highest BCUT2D eigenvalue weighted by molar-refractivity contribution is 7.99. The van der Waals surface area contributed by atoms with E-state index in [9.17, 15) is 8.42 Å². The molecule has 0 radical (unpaired) electrons. The van der Waals surface area contributed by atoms with E-state index in [1.807, 2.05) is 79.7 Å².